The van der Waals surface area contributed by atoms with Crippen molar-refractivity contribution in [2.24, 2.45) is 0 Å². The number of hydrogen-bond acceptors (Lipinski definition) is 7. The number of carbonyl (C=O) groups is 1. The van der Waals surface area contributed by atoms with E-state index in [1.165, 1.54) is 19.4 Å². The maximum atomic E-state index is 8.36. The van der Waals surface area contributed by atoms with Gasteiger partial charge >= 0.3 is 0 Å². The van der Waals surface area contributed by atoms with Gasteiger partial charge in [0.2, 0.25) is 5.95 Å². The third-order valence-electron chi connectivity index (χ3n) is 4.12. The summed E-state index contributed by atoms with van der Waals surface area (Å²) in [6.45, 7) is 7.84. The van der Waals surface area contributed by atoms with Gasteiger partial charge in [0.05, 0.1) is 5.69 Å². The van der Waals surface area contributed by atoms with Crippen LogP contribution in [0.3, 0.4) is 0 Å². The average Bonchev–Trinajstić information content (AvgIpc) is 2.54. The Morgan fingerprint density at radius 3 is 2.42 bits per heavy atom. The maximum Gasteiger partial charge on any atom is 0.290 e. The summed E-state index contributed by atoms with van der Waals surface area (Å²) in [7, 11) is 2.17. The van der Waals surface area contributed by atoms with E-state index in [-0.39, 0.29) is 6.47 Å². The van der Waals surface area contributed by atoms with Crippen LogP contribution in [-0.2, 0) is 4.79 Å². The second kappa shape index (κ2) is 9.19. The molecule has 1 aliphatic heterocycles. The van der Waals surface area contributed by atoms with E-state index >= 15 is 0 Å². The van der Waals surface area contributed by atoms with Crippen molar-refractivity contribution in [3.63, 3.8) is 0 Å². The zero-order valence-corrected chi connectivity index (χ0v) is 15.7. The molecule has 140 valence electrons. The van der Waals surface area contributed by atoms with Gasteiger partial charge in [-0.1, -0.05) is 0 Å². The second-order valence-corrected chi connectivity index (χ2v) is 6.53. The standard InChI is InChI=1S/C17H24N6.CH2O2/c1-11-8-12(2)19-17(18-11)22-16-9-15(20-13(3)21-16)14-6-5-7-23(4)10-14;2-1-3/h8-9,14H,5-7,10H2,1-4H3,(H,18,19,20,21,22);1H,(H,2,3). The van der Waals surface area contributed by atoms with Crippen molar-refractivity contribution in [3.8, 4) is 0 Å². The van der Waals surface area contributed by atoms with E-state index < -0.39 is 0 Å². The molecule has 1 atom stereocenters. The first-order valence-electron chi connectivity index (χ1n) is 8.62. The molecule has 0 saturated carbocycles. The Bertz CT molecular complexity index is 732. The molecule has 8 heteroatoms. The highest BCUT2D eigenvalue weighted by Crippen LogP contribution is 2.26. The monoisotopic (exact) mass is 358 g/mol. The Morgan fingerprint density at radius 2 is 1.81 bits per heavy atom. The molecule has 26 heavy (non-hydrogen) atoms. The van der Waals surface area contributed by atoms with Crippen LogP contribution in [0.5, 0.6) is 0 Å². The third-order valence-corrected chi connectivity index (χ3v) is 4.12. The minimum Gasteiger partial charge on any atom is -0.483 e. The molecule has 1 aliphatic rings. The van der Waals surface area contributed by atoms with Gasteiger partial charge in [-0.3, -0.25) is 4.79 Å². The molecule has 3 rings (SSSR count). The number of aromatic nitrogens is 4. The number of rotatable bonds is 3. The number of anilines is 2. The van der Waals surface area contributed by atoms with Crippen LogP contribution in [0.4, 0.5) is 11.8 Å². The lowest BCUT2D eigenvalue weighted by atomic mass is 9.95. The highest BCUT2D eigenvalue weighted by atomic mass is 16.3. The van der Waals surface area contributed by atoms with Crippen LogP contribution in [-0.4, -0.2) is 56.6 Å². The van der Waals surface area contributed by atoms with Crippen molar-refractivity contribution < 1.29 is 9.90 Å². The van der Waals surface area contributed by atoms with Crippen LogP contribution < -0.4 is 5.32 Å². The molecule has 2 N–H and O–H groups in total. The minimum absolute atomic E-state index is 0.250. The molecule has 2 aromatic rings. The zero-order chi connectivity index (χ0) is 19.1. The Hall–Kier alpha value is -2.61. The molecule has 1 saturated heterocycles. The Kier molecular flexibility index (Phi) is 6.97. The van der Waals surface area contributed by atoms with Crippen LogP contribution >= 0.6 is 0 Å². The summed E-state index contributed by atoms with van der Waals surface area (Å²) in [4.78, 5) is 28.7. The van der Waals surface area contributed by atoms with Gasteiger partial charge < -0.3 is 15.3 Å². The number of piperidine rings is 1. The number of hydrogen-bond donors (Lipinski definition) is 2. The van der Waals surface area contributed by atoms with E-state index in [1.807, 2.05) is 32.9 Å². The maximum absolute atomic E-state index is 8.36. The number of nitrogens with one attached hydrogen (secondary N) is 1. The van der Waals surface area contributed by atoms with Gasteiger partial charge in [0.15, 0.2) is 0 Å². The molecule has 0 radical (unpaired) electrons. The molecule has 3 heterocycles. The SMILES string of the molecule is Cc1cc(C)nc(Nc2cc(C3CCCN(C)C3)nc(C)n2)n1.O=CO. The number of aryl methyl sites for hydroxylation is 3. The molecule has 2 aromatic heterocycles. The number of carboxylic acid groups (broad SMARTS) is 1. The van der Waals surface area contributed by atoms with Crippen LogP contribution in [0.25, 0.3) is 0 Å². The molecule has 1 fully saturated rings. The lowest BCUT2D eigenvalue weighted by Crippen LogP contribution is -2.31. The van der Waals surface area contributed by atoms with Gasteiger partial charge in [-0.2, -0.15) is 0 Å². The fraction of sp³-hybridized carbons (Fsp3) is 0.500. The fourth-order valence-electron chi connectivity index (χ4n) is 3.17. The lowest BCUT2D eigenvalue weighted by Gasteiger charge is -2.29. The quantitative estimate of drug-likeness (QED) is 0.806. The molecule has 1 unspecified atom stereocenters. The molecule has 0 spiro atoms. The van der Waals surface area contributed by atoms with Crippen LogP contribution in [0.1, 0.15) is 41.7 Å². The molecule has 0 aromatic carbocycles. The van der Waals surface area contributed by atoms with E-state index in [0.717, 1.165) is 35.3 Å². The first kappa shape index (κ1) is 19.7. The predicted octanol–water partition coefficient (Wildman–Crippen LogP) is 2.45. The van der Waals surface area contributed by atoms with Crippen molar-refractivity contribution in [3.05, 3.63) is 35.0 Å². The van der Waals surface area contributed by atoms with Gasteiger partial charge in [0.25, 0.3) is 6.47 Å². The summed E-state index contributed by atoms with van der Waals surface area (Å²) in [6.07, 6.45) is 2.40. The third kappa shape index (κ3) is 5.73. The summed E-state index contributed by atoms with van der Waals surface area (Å²) in [6, 6.07) is 4.00. The summed E-state index contributed by atoms with van der Waals surface area (Å²) in [5.74, 6) is 2.61. The van der Waals surface area contributed by atoms with Crippen molar-refractivity contribution in [1.29, 1.82) is 0 Å². The fourth-order valence-corrected chi connectivity index (χ4v) is 3.17. The Balaban J connectivity index is 0.000000758. The summed E-state index contributed by atoms with van der Waals surface area (Å²) in [5, 5.41) is 10.1. The summed E-state index contributed by atoms with van der Waals surface area (Å²) in [5.41, 5.74) is 3.00. The normalized spacial score (nSPS) is 17.2. The number of nitrogens with zero attached hydrogens (tertiary/aromatic N) is 5. The summed E-state index contributed by atoms with van der Waals surface area (Å²) >= 11 is 0. The highest BCUT2D eigenvalue weighted by molar-refractivity contribution is 5.49. The zero-order valence-electron chi connectivity index (χ0n) is 15.7. The first-order chi connectivity index (χ1) is 12.4. The van der Waals surface area contributed by atoms with Gasteiger partial charge in [-0.25, -0.2) is 19.9 Å². The molecular weight excluding hydrogens is 332 g/mol. The van der Waals surface area contributed by atoms with Gasteiger partial charge in [-0.15, -0.1) is 0 Å². The van der Waals surface area contributed by atoms with Gasteiger partial charge in [0, 0.05) is 29.9 Å². The largest absolute Gasteiger partial charge is 0.483 e. The van der Waals surface area contributed by atoms with Crippen molar-refractivity contribution in [1.82, 2.24) is 24.8 Å². The Morgan fingerprint density at radius 1 is 1.15 bits per heavy atom. The van der Waals surface area contributed by atoms with E-state index in [0.29, 0.717) is 11.9 Å². The van der Waals surface area contributed by atoms with Crippen LogP contribution in [0, 0.1) is 20.8 Å². The molecule has 0 bridgehead atoms. The molecule has 0 amide bonds. The smallest absolute Gasteiger partial charge is 0.290 e. The van der Waals surface area contributed by atoms with Crippen molar-refractivity contribution in [2.75, 3.05) is 25.5 Å². The average molecular weight is 358 g/mol. The molecule has 8 nitrogen and oxygen atoms in total. The first-order valence-corrected chi connectivity index (χ1v) is 8.62. The summed E-state index contributed by atoms with van der Waals surface area (Å²) < 4.78 is 0. The van der Waals surface area contributed by atoms with Crippen molar-refractivity contribution in [2.45, 2.75) is 39.5 Å². The van der Waals surface area contributed by atoms with Crippen molar-refractivity contribution >= 4 is 18.2 Å². The van der Waals surface area contributed by atoms with Crippen LogP contribution in [0.15, 0.2) is 12.1 Å². The van der Waals surface area contributed by atoms with Gasteiger partial charge in [0.1, 0.15) is 11.6 Å². The highest BCUT2D eigenvalue weighted by Gasteiger charge is 2.21. The molecular formula is C18H26N6O2. The topological polar surface area (TPSA) is 104 Å². The number of likely N-dealkylation sites (tertiary alicyclic amines) is 1. The van der Waals surface area contributed by atoms with E-state index in [4.69, 9.17) is 9.90 Å². The van der Waals surface area contributed by atoms with Crippen LogP contribution in [0.2, 0.25) is 0 Å². The lowest BCUT2D eigenvalue weighted by molar-refractivity contribution is -0.122. The van der Waals surface area contributed by atoms with E-state index in [2.05, 4.69) is 37.2 Å². The second-order valence-electron chi connectivity index (χ2n) is 6.53. The van der Waals surface area contributed by atoms with E-state index in [1.54, 1.807) is 0 Å². The number of likely N-dealkylation sites (N-methyl/N-ethyl adjacent to an activating group) is 1. The van der Waals surface area contributed by atoms with E-state index in [9.17, 15) is 0 Å². The van der Waals surface area contributed by atoms with Gasteiger partial charge in [-0.05, 0) is 53.3 Å². The predicted molar refractivity (Wildman–Crippen MR) is 99.7 cm³/mol. The minimum atomic E-state index is -0.250. The molecule has 0 aliphatic carbocycles. The Labute approximate surface area is 153 Å².